The Bertz CT molecular complexity index is 1040. The number of nitrogens with zero attached hydrogens (tertiary/aromatic N) is 3. The molecule has 0 N–H and O–H groups in total. The fourth-order valence-corrected chi connectivity index (χ4v) is 3.54. The maximum atomic E-state index is 13.1. The highest BCUT2D eigenvalue weighted by atomic mass is 19.1. The molecule has 6 heteroatoms. The number of amides is 2. The van der Waals surface area contributed by atoms with Crippen molar-refractivity contribution in [1.29, 1.82) is 0 Å². The van der Waals surface area contributed by atoms with Crippen molar-refractivity contribution < 1.29 is 14.0 Å². The minimum absolute atomic E-state index is 0.0253. The van der Waals surface area contributed by atoms with Crippen molar-refractivity contribution in [3.63, 3.8) is 0 Å². The Morgan fingerprint density at radius 1 is 0.967 bits per heavy atom. The summed E-state index contributed by atoms with van der Waals surface area (Å²) in [6, 6.07) is 19.2. The van der Waals surface area contributed by atoms with Crippen LogP contribution in [0.4, 0.5) is 15.0 Å². The number of rotatable bonds is 7. The number of hydrogen-bond donors (Lipinski definition) is 0. The Kier molecular flexibility index (Phi) is 5.84. The second kappa shape index (κ2) is 8.86. The molecule has 0 aliphatic carbocycles. The number of benzene rings is 2. The van der Waals surface area contributed by atoms with Gasteiger partial charge in [-0.1, -0.05) is 42.5 Å². The SMILES string of the molecule is O=C(CCc1ccccc1)c1ccnc(N2CCN(Cc3ccc(F)cc3)C2=O)c1. The normalized spacial score (nSPS) is 13.7. The van der Waals surface area contributed by atoms with Gasteiger partial charge < -0.3 is 4.90 Å². The van der Waals surface area contributed by atoms with Gasteiger partial charge in [-0.15, -0.1) is 0 Å². The molecule has 1 aliphatic rings. The van der Waals surface area contributed by atoms with Gasteiger partial charge in [-0.3, -0.25) is 9.69 Å². The summed E-state index contributed by atoms with van der Waals surface area (Å²) in [5, 5.41) is 0. The van der Waals surface area contributed by atoms with E-state index in [1.165, 1.54) is 12.1 Å². The largest absolute Gasteiger partial charge is 0.326 e. The van der Waals surface area contributed by atoms with Crippen molar-refractivity contribution in [2.75, 3.05) is 18.0 Å². The summed E-state index contributed by atoms with van der Waals surface area (Å²) < 4.78 is 13.1. The van der Waals surface area contributed by atoms with Crippen molar-refractivity contribution in [1.82, 2.24) is 9.88 Å². The van der Waals surface area contributed by atoms with Gasteiger partial charge in [-0.2, -0.15) is 0 Å². The second-order valence-corrected chi connectivity index (χ2v) is 7.29. The molecule has 2 heterocycles. The van der Waals surface area contributed by atoms with Gasteiger partial charge in [0.05, 0.1) is 0 Å². The third-order valence-corrected chi connectivity index (χ3v) is 5.21. The summed E-state index contributed by atoms with van der Waals surface area (Å²) in [5.74, 6) is 0.204. The first-order valence-corrected chi connectivity index (χ1v) is 9.94. The van der Waals surface area contributed by atoms with E-state index < -0.39 is 0 Å². The van der Waals surface area contributed by atoms with Gasteiger partial charge in [0, 0.05) is 37.8 Å². The summed E-state index contributed by atoms with van der Waals surface area (Å²) in [6.07, 6.45) is 2.64. The summed E-state index contributed by atoms with van der Waals surface area (Å²) in [5.41, 5.74) is 2.54. The van der Waals surface area contributed by atoms with E-state index in [1.54, 1.807) is 40.3 Å². The third-order valence-electron chi connectivity index (χ3n) is 5.21. The van der Waals surface area contributed by atoms with Crippen molar-refractivity contribution in [2.45, 2.75) is 19.4 Å². The standard InChI is InChI=1S/C24H22FN3O2/c25-21-9-6-19(7-10-21)17-27-14-15-28(24(27)30)23-16-20(12-13-26-23)22(29)11-8-18-4-2-1-3-5-18/h1-7,9-10,12-13,16H,8,11,14-15,17H2. The van der Waals surface area contributed by atoms with Gasteiger partial charge in [0.2, 0.25) is 0 Å². The average Bonchev–Trinajstić information content (AvgIpc) is 3.14. The molecule has 1 aliphatic heterocycles. The van der Waals surface area contributed by atoms with Crippen molar-refractivity contribution >= 4 is 17.6 Å². The van der Waals surface area contributed by atoms with Crippen LogP contribution in [0.1, 0.15) is 27.9 Å². The lowest BCUT2D eigenvalue weighted by molar-refractivity contribution is 0.0982. The number of ketones is 1. The van der Waals surface area contributed by atoms with Crippen molar-refractivity contribution in [2.24, 2.45) is 0 Å². The van der Waals surface area contributed by atoms with E-state index in [1.807, 2.05) is 30.3 Å². The first kappa shape index (κ1) is 19.8. The van der Waals surface area contributed by atoms with Crippen LogP contribution in [0.2, 0.25) is 0 Å². The van der Waals surface area contributed by atoms with Crippen LogP contribution in [0.25, 0.3) is 0 Å². The van der Waals surface area contributed by atoms with Crippen molar-refractivity contribution in [3.8, 4) is 0 Å². The van der Waals surface area contributed by atoms with Crippen LogP contribution in [0, 0.1) is 5.82 Å². The minimum Gasteiger partial charge on any atom is -0.318 e. The Hall–Kier alpha value is -3.54. The molecule has 2 aromatic carbocycles. The van der Waals surface area contributed by atoms with Crippen LogP contribution >= 0.6 is 0 Å². The molecule has 152 valence electrons. The lowest BCUT2D eigenvalue weighted by Gasteiger charge is -2.18. The number of pyridine rings is 1. The molecule has 3 aromatic rings. The number of aryl methyl sites for hydroxylation is 1. The van der Waals surface area contributed by atoms with Gasteiger partial charge in [0.25, 0.3) is 0 Å². The smallest absolute Gasteiger partial charge is 0.318 e. The number of Topliss-reactive ketones (excluding diaryl/α,β-unsaturated/α-hetero) is 1. The van der Waals surface area contributed by atoms with Crippen LogP contribution < -0.4 is 4.90 Å². The lowest BCUT2D eigenvalue weighted by Crippen LogP contribution is -2.32. The highest BCUT2D eigenvalue weighted by molar-refractivity contribution is 5.98. The molecule has 2 amide bonds. The Morgan fingerprint density at radius 2 is 1.73 bits per heavy atom. The number of urea groups is 1. The first-order valence-electron chi connectivity index (χ1n) is 9.94. The zero-order valence-electron chi connectivity index (χ0n) is 16.5. The Labute approximate surface area is 174 Å². The Balaban J connectivity index is 1.41. The van der Waals surface area contributed by atoms with Gasteiger partial charge in [-0.25, -0.2) is 14.2 Å². The topological polar surface area (TPSA) is 53.5 Å². The number of aromatic nitrogens is 1. The molecule has 0 atom stereocenters. The predicted octanol–water partition coefficient (Wildman–Crippen LogP) is 4.48. The molecule has 1 aromatic heterocycles. The highest BCUT2D eigenvalue weighted by Gasteiger charge is 2.30. The summed E-state index contributed by atoms with van der Waals surface area (Å²) >= 11 is 0. The first-order chi connectivity index (χ1) is 14.6. The van der Waals surface area contributed by atoms with Gasteiger partial charge in [0.15, 0.2) is 5.78 Å². The number of anilines is 1. The molecule has 0 bridgehead atoms. The molecular weight excluding hydrogens is 381 g/mol. The van der Waals surface area contributed by atoms with E-state index in [0.29, 0.717) is 43.9 Å². The molecule has 5 nitrogen and oxygen atoms in total. The van der Waals surface area contributed by atoms with E-state index in [0.717, 1.165) is 11.1 Å². The monoisotopic (exact) mass is 403 g/mol. The predicted molar refractivity (Wildman–Crippen MR) is 113 cm³/mol. The molecule has 1 saturated heterocycles. The van der Waals surface area contributed by atoms with E-state index in [2.05, 4.69) is 4.98 Å². The number of hydrogen-bond acceptors (Lipinski definition) is 3. The van der Waals surface area contributed by atoms with E-state index in [4.69, 9.17) is 0 Å². The summed E-state index contributed by atoms with van der Waals surface area (Å²) in [6.45, 7) is 1.45. The fourth-order valence-electron chi connectivity index (χ4n) is 3.54. The third kappa shape index (κ3) is 4.54. The number of carbonyl (C=O) groups excluding carboxylic acids is 2. The molecule has 4 rings (SSSR count). The van der Waals surface area contributed by atoms with E-state index in [9.17, 15) is 14.0 Å². The van der Waals surface area contributed by atoms with Crippen LogP contribution in [0.3, 0.4) is 0 Å². The molecule has 0 saturated carbocycles. The van der Waals surface area contributed by atoms with Gasteiger partial charge in [-0.05, 0) is 41.8 Å². The van der Waals surface area contributed by atoms with Gasteiger partial charge in [0.1, 0.15) is 11.6 Å². The molecular formula is C24H22FN3O2. The summed E-state index contributed by atoms with van der Waals surface area (Å²) in [7, 11) is 0. The van der Waals surface area contributed by atoms with E-state index in [-0.39, 0.29) is 17.6 Å². The molecule has 0 unspecified atom stereocenters. The zero-order valence-corrected chi connectivity index (χ0v) is 16.5. The lowest BCUT2D eigenvalue weighted by atomic mass is 10.0. The molecule has 0 spiro atoms. The molecule has 0 radical (unpaired) electrons. The zero-order chi connectivity index (χ0) is 20.9. The highest BCUT2D eigenvalue weighted by Crippen LogP contribution is 2.21. The van der Waals surface area contributed by atoms with Crippen LogP contribution in [-0.4, -0.2) is 34.8 Å². The molecule has 30 heavy (non-hydrogen) atoms. The number of halogens is 1. The fraction of sp³-hybridized carbons (Fsp3) is 0.208. The quantitative estimate of drug-likeness (QED) is 0.547. The number of carbonyl (C=O) groups is 2. The van der Waals surface area contributed by atoms with E-state index >= 15 is 0 Å². The second-order valence-electron chi connectivity index (χ2n) is 7.29. The molecule has 1 fully saturated rings. The van der Waals surface area contributed by atoms with Crippen LogP contribution in [-0.2, 0) is 13.0 Å². The average molecular weight is 403 g/mol. The maximum absolute atomic E-state index is 13.1. The maximum Gasteiger partial charge on any atom is 0.326 e. The van der Waals surface area contributed by atoms with Crippen molar-refractivity contribution in [3.05, 3.63) is 95.4 Å². The minimum atomic E-state index is -0.300. The van der Waals surface area contributed by atoms with Gasteiger partial charge >= 0.3 is 6.03 Å². The van der Waals surface area contributed by atoms with Crippen LogP contribution in [0.15, 0.2) is 72.9 Å². The van der Waals surface area contributed by atoms with Crippen LogP contribution in [0.5, 0.6) is 0 Å². The Morgan fingerprint density at radius 3 is 2.50 bits per heavy atom. The summed E-state index contributed by atoms with van der Waals surface area (Å²) in [4.78, 5) is 33.0.